The number of anilines is 2. The Labute approximate surface area is 424 Å². The number of rotatable bonds is 15. The minimum atomic E-state index is -5.43. The molecule has 4 aliphatic rings. The number of fused-ring (bicyclic) bond motifs is 2. The van der Waals surface area contributed by atoms with E-state index in [1.54, 1.807) is 0 Å². The molecule has 0 bridgehead atoms. The van der Waals surface area contributed by atoms with E-state index in [1.165, 1.54) is 17.2 Å². The second kappa shape index (κ2) is 21.8. The molecule has 10 heterocycles. The van der Waals surface area contributed by atoms with Crippen LogP contribution in [0.3, 0.4) is 0 Å². The van der Waals surface area contributed by atoms with Crippen LogP contribution in [-0.2, 0) is 46.2 Å². The van der Waals surface area contributed by atoms with Crippen LogP contribution in [0.1, 0.15) is 24.9 Å². The fourth-order valence-corrected chi connectivity index (χ4v) is 10.4. The van der Waals surface area contributed by atoms with Crippen LogP contribution in [0.4, 0.5) is 11.8 Å². The van der Waals surface area contributed by atoms with E-state index in [0.717, 1.165) is 44.6 Å². The van der Waals surface area contributed by atoms with Crippen molar-refractivity contribution in [2.75, 3.05) is 37.9 Å². The lowest BCUT2D eigenvalue weighted by atomic mass is 10.1. The maximum atomic E-state index is 13.3. The highest BCUT2D eigenvalue weighted by atomic mass is 31.2. The fourth-order valence-electron chi connectivity index (χ4n) is 8.51. The van der Waals surface area contributed by atoms with Gasteiger partial charge in [-0.25, -0.2) is 38.7 Å². The quantitative estimate of drug-likeness (QED) is 0.0425. The van der Waals surface area contributed by atoms with Crippen molar-refractivity contribution in [3.8, 4) is 0 Å². The van der Waals surface area contributed by atoms with Crippen LogP contribution in [0.25, 0.3) is 22.3 Å². The van der Waals surface area contributed by atoms with Crippen LogP contribution >= 0.6 is 15.6 Å². The van der Waals surface area contributed by atoms with Crippen LogP contribution in [0.15, 0.2) is 67.5 Å². The molecule has 0 aliphatic carbocycles. The van der Waals surface area contributed by atoms with E-state index < -0.39 is 156 Å². The Morgan fingerprint density at radius 3 is 1.71 bits per heavy atom. The van der Waals surface area contributed by atoms with E-state index in [9.17, 15) is 78.6 Å². The molecule has 0 saturated carbocycles. The maximum absolute atomic E-state index is 13.3. The first-order valence-corrected chi connectivity index (χ1v) is 25.3. The second-order valence-corrected chi connectivity index (χ2v) is 20.0. The Kier molecular flexibility index (Phi) is 15.7. The molecule has 6 aromatic heterocycles. The Morgan fingerprint density at radius 2 is 1.14 bits per heavy atom. The van der Waals surface area contributed by atoms with Gasteiger partial charge in [-0.15, -0.1) is 0 Å². The summed E-state index contributed by atoms with van der Waals surface area (Å²) in [6, 6.07) is 1.84. The summed E-state index contributed by atoms with van der Waals surface area (Å²) in [7, 11) is -10.8. The lowest BCUT2D eigenvalue weighted by molar-refractivity contribution is -0.0633. The number of imidazole rings is 2. The average molecular weight is 1130 g/mol. The van der Waals surface area contributed by atoms with Gasteiger partial charge in [-0.1, -0.05) is 0 Å². The van der Waals surface area contributed by atoms with Crippen molar-refractivity contribution in [2.24, 2.45) is 0 Å². The monoisotopic (exact) mass is 1130 g/mol. The number of nitrogens with one attached hydrogen (secondary N) is 3. The van der Waals surface area contributed by atoms with E-state index in [1.807, 2.05) is 9.97 Å². The third-order valence-corrected chi connectivity index (χ3v) is 14.2. The molecule has 16 N–H and O–H groups in total. The van der Waals surface area contributed by atoms with Crippen molar-refractivity contribution in [2.45, 2.75) is 92.1 Å². The van der Waals surface area contributed by atoms with E-state index >= 15 is 0 Å². The topological polar surface area (TPSA) is 559 Å². The number of hydrogen-bond acceptors (Lipinski definition) is 29. The molecular weight excluding hydrogens is 1090 g/mol. The molecule has 6 aromatic rings. The molecular formula is C37H46N14O24P2. The van der Waals surface area contributed by atoms with Gasteiger partial charge in [-0.3, -0.25) is 65.7 Å². The summed E-state index contributed by atoms with van der Waals surface area (Å²) in [6.45, 7) is -2.98. The highest BCUT2D eigenvalue weighted by Crippen LogP contribution is 2.52. The zero-order valence-electron chi connectivity index (χ0n) is 38.8. The number of aromatic nitrogens is 12. The highest BCUT2D eigenvalue weighted by Gasteiger charge is 2.53. The van der Waals surface area contributed by atoms with Gasteiger partial charge in [0.15, 0.2) is 47.5 Å². The van der Waals surface area contributed by atoms with Gasteiger partial charge in [0.1, 0.15) is 79.0 Å². The number of phosphoric acid groups is 2. The molecule has 17 atom stereocenters. The third-order valence-electron chi connectivity index (χ3n) is 12.2. The van der Waals surface area contributed by atoms with Crippen LogP contribution in [0, 0.1) is 0 Å². The van der Waals surface area contributed by atoms with Gasteiger partial charge in [0.05, 0.1) is 39.1 Å². The molecule has 0 aromatic carbocycles. The maximum Gasteiger partial charge on any atom is 0.472 e. The zero-order chi connectivity index (χ0) is 55.4. The summed E-state index contributed by atoms with van der Waals surface area (Å²) in [5, 5.41) is 72.4. The number of aliphatic hydroxyl groups is 7. The van der Waals surface area contributed by atoms with Gasteiger partial charge in [0.25, 0.3) is 16.7 Å². The van der Waals surface area contributed by atoms with E-state index in [4.69, 9.17) is 48.5 Å². The van der Waals surface area contributed by atoms with E-state index in [2.05, 4.69) is 29.9 Å². The smallest absolute Gasteiger partial charge is 0.394 e. The van der Waals surface area contributed by atoms with E-state index in [0.29, 0.717) is 11.2 Å². The van der Waals surface area contributed by atoms with Crippen molar-refractivity contribution in [1.82, 2.24) is 58.1 Å². The number of nitrogens with two attached hydrogens (primary N) is 2. The van der Waals surface area contributed by atoms with Crippen LogP contribution in [-0.4, -0.2) is 197 Å². The molecule has 0 spiro atoms. The summed E-state index contributed by atoms with van der Waals surface area (Å²) in [4.78, 5) is 107. The largest absolute Gasteiger partial charge is 0.472 e. The minimum Gasteiger partial charge on any atom is -0.394 e. The summed E-state index contributed by atoms with van der Waals surface area (Å²) >= 11 is 0. The molecule has 4 saturated heterocycles. The molecule has 40 heteroatoms. The van der Waals surface area contributed by atoms with Gasteiger partial charge in [0.2, 0.25) is 5.95 Å². The molecule has 38 nitrogen and oxygen atoms in total. The van der Waals surface area contributed by atoms with Gasteiger partial charge in [-0.2, -0.15) is 4.98 Å². The Morgan fingerprint density at radius 1 is 0.623 bits per heavy atom. The van der Waals surface area contributed by atoms with Crippen molar-refractivity contribution in [3.63, 3.8) is 0 Å². The summed E-state index contributed by atoms with van der Waals surface area (Å²) in [5.41, 5.74) is 7.26. The number of hydrogen-bond donors (Lipinski definition) is 14. The predicted octanol–water partition coefficient (Wildman–Crippen LogP) is -7.41. The number of ether oxygens (including phenoxy) is 4. The molecule has 4 aliphatic heterocycles. The minimum absolute atomic E-state index is 0.0755. The number of aliphatic hydroxyl groups excluding tert-OH is 7. The summed E-state index contributed by atoms with van der Waals surface area (Å²) in [6.07, 6.45) is -18.4. The van der Waals surface area contributed by atoms with Crippen LogP contribution in [0.5, 0.6) is 0 Å². The van der Waals surface area contributed by atoms with Crippen molar-refractivity contribution in [3.05, 3.63) is 95.5 Å². The fraction of sp³-hybridized carbons (Fsp3) is 0.514. The normalized spacial score (nSPS) is 31.8. The second-order valence-electron chi connectivity index (χ2n) is 17.2. The zero-order valence-corrected chi connectivity index (χ0v) is 40.5. The third kappa shape index (κ3) is 11.2. The predicted molar refractivity (Wildman–Crippen MR) is 246 cm³/mol. The summed E-state index contributed by atoms with van der Waals surface area (Å²) in [5.74, 6) is -0.121. The lowest BCUT2D eigenvalue weighted by Gasteiger charge is -2.25. The number of nitrogens with zero attached hydrogens (tertiary/aromatic N) is 9. The molecule has 2 unspecified atom stereocenters. The lowest BCUT2D eigenvalue weighted by Crippen LogP contribution is -2.39. The highest BCUT2D eigenvalue weighted by molar-refractivity contribution is 7.47. The van der Waals surface area contributed by atoms with Gasteiger partial charge in [0, 0.05) is 24.5 Å². The molecule has 0 radical (unpaired) electrons. The molecule has 418 valence electrons. The van der Waals surface area contributed by atoms with Crippen LogP contribution < -0.4 is 39.5 Å². The molecule has 77 heavy (non-hydrogen) atoms. The number of phosphoric ester groups is 2. The Hall–Kier alpha value is -6.36. The SMILES string of the molecule is Nc1nc2c(ncn2[C@@H]2O[C@H](COP(=O)(O)O[C@H]3[C@@H](O)[C@H](n4ccc(=O)[nH]c4=O)O[C@@H]3CO)[C@@H](OP(=O)(O)OC[C@H]3O[C@@H](n4ccc(=O)[nH]c4=O)[C@H](O)[C@@H]3O)[C@H]2O)c(=O)[nH]1.Nc1ncnc2c1ncn2[C@@H]1OC[C@@H](O)[C@H]1O. The van der Waals surface area contributed by atoms with Crippen molar-refractivity contribution < 1.29 is 91.7 Å². The number of H-pyrrole nitrogens is 3. The van der Waals surface area contributed by atoms with Crippen molar-refractivity contribution >= 4 is 49.7 Å². The first-order valence-electron chi connectivity index (χ1n) is 22.3. The number of aromatic amines is 3. The Balaban J connectivity index is 0.000000357. The van der Waals surface area contributed by atoms with Gasteiger partial charge < -0.3 is 75.9 Å². The molecule has 10 rings (SSSR count). The summed E-state index contributed by atoms with van der Waals surface area (Å²) < 4.78 is 73.0. The molecule has 0 amide bonds. The average Bonchev–Trinajstić information content (AvgIpc) is 4.24. The standard InChI is InChI=1S/C28H35N9O21P2.C9H11N5O3/c29-26-33-21-14(22(45)34-26)30-8-37(21)25-18(44)20(58-59(48,49)52-6-10-15(41)16(42)23(55-10)35-3-1-12(39)31-27(35)46)11(56-25)7-53-60(50,51)57-19-9(5-38)54-24(17(19)43)36-4-2-13(40)32-28(36)47;10-7-5-8(12-2-11-7)14(3-13-5)9-6(16)4(15)1-17-9/h1-4,8-11,15-20,23-25,38,41-44H,5-7H2,(H,48,49)(H,50,51)(H,31,39,46)(H,32,40,47)(H3,29,33,34,45);2-4,6,9,15-16H,1H2,(H2,10,11,12)/t9-,10-,11-,15-,16-,17-,18-,19-,20-,23-,24-,25-;4-,6-,9-/m11/s1. The Bertz CT molecular complexity index is 3530. The first kappa shape index (κ1) is 55.4. The first-order chi connectivity index (χ1) is 36.4. The number of nitrogen functional groups attached to an aromatic ring is 2. The molecule has 4 fully saturated rings. The van der Waals surface area contributed by atoms with Gasteiger partial charge >= 0.3 is 27.0 Å². The van der Waals surface area contributed by atoms with Crippen LogP contribution in [0.2, 0.25) is 0 Å². The van der Waals surface area contributed by atoms with Gasteiger partial charge in [-0.05, 0) is 0 Å². The van der Waals surface area contributed by atoms with Crippen molar-refractivity contribution in [1.29, 1.82) is 0 Å². The van der Waals surface area contributed by atoms with E-state index in [-0.39, 0.29) is 29.5 Å².